The molecule has 0 atom stereocenters. The second-order valence-electron chi connectivity index (χ2n) is 6.43. The maximum atomic E-state index is 13.5. The lowest BCUT2D eigenvalue weighted by Crippen LogP contribution is -2.33. The molecule has 4 rings (SSSR count). The second kappa shape index (κ2) is 5.63. The van der Waals surface area contributed by atoms with Gasteiger partial charge in [0.05, 0.1) is 5.60 Å². The van der Waals surface area contributed by atoms with Crippen molar-refractivity contribution in [3.63, 3.8) is 0 Å². The number of nitrogens with two attached hydrogens (primary N) is 1. The molecule has 1 aromatic carbocycles. The van der Waals surface area contributed by atoms with Crippen LogP contribution in [0.15, 0.2) is 30.3 Å². The van der Waals surface area contributed by atoms with Crippen molar-refractivity contribution >= 4 is 23.1 Å². The maximum absolute atomic E-state index is 13.5. The number of hydrogen-bond donors (Lipinski definition) is 2. The molecule has 0 amide bonds. The summed E-state index contributed by atoms with van der Waals surface area (Å²) in [4.78, 5) is 13.2. The molecule has 6 nitrogen and oxygen atoms in total. The van der Waals surface area contributed by atoms with Gasteiger partial charge in [0.25, 0.3) is 0 Å². The molecule has 0 aliphatic heterocycles. The predicted molar refractivity (Wildman–Crippen MR) is 93.9 cm³/mol. The van der Waals surface area contributed by atoms with Crippen molar-refractivity contribution in [3.8, 4) is 11.4 Å². The predicted octanol–water partition coefficient (Wildman–Crippen LogP) is 2.68. The second-order valence-corrected chi connectivity index (χ2v) is 6.43. The van der Waals surface area contributed by atoms with E-state index in [1.54, 1.807) is 35.9 Å². The third kappa shape index (κ3) is 2.76. The summed E-state index contributed by atoms with van der Waals surface area (Å²) < 4.78 is 15.3. The molecule has 3 N–H and O–H groups in total. The molecule has 2 heterocycles. The van der Waals surface area contributed by atoms with Crippen LogP contribution >= 0.6 is 0 Å². The van der Waals surface area contributed by atoms with Gasteiger partial charge in [0, 0.05) is 12.6 Å². The average molecular weight is 339 g/mol. The molecule has 1 aliphatic rings. The Morgan fingerprint density at radius 1 is 1.28 bits per heavy atom. The summed E-state index contributed by atoms with van der Waals surface area (Å²) in [5.74, 6) is 0.901. The lowest BCUT2D eigenvalue weighted by atomic mass is 9.80. The van der Waals surface area contributed by atoms with Crippen molar-refractivity contribution < 1.29 is 9.50 Å². The van der Waals surface area contributed by atoms with Crippen LogP contribution in [-0.2, 0) is 7.05 Å². The zero-order valence-corrected chi connectivity index (χ0v) is 13.8. The molecule has 3 aromatic rings. The number of nitrogens with zero attached hydrogens (tertiary/aromatic N) is 4. The van der Waals surface area contributed by atoms with Crippen molar-refractivity contribution in [2.75, 3.05) is 5.73 Å². The summed E-state index contributed by atoms with van der Waals surface area (Å²) in [7, 11) is 1.80. The van der Waals surface area contributed by atoms with Gasteiger partial charge in [-0.15, -0.1) is 0 Å². The topological polar surface area (TPSA) is 89.9 Å². The van der Waals surface area contributed by atoms with E-state index in [9.17, 15) is 9.50 Å². The number of anilines is 1. The van der Waals surface area contributed by atoms with E-state index in [2.05, 4.69) is 15.0 Å². The monoisotopic (exact) mass is 339 g/mol. The zero-order valence-electron chi connectivity index (χ0n) is 13.8. The smallest absolute Gasteiger partial charge is 0.166 e. The molecular formula is C18H18FN5O. The number of fused-ring (bicyclic) bond motifs is 1. The van der Waals surface area contributed by atoms with Crippen LogP contribution < -0.4 is 5.73 Å². The summed E-state index contributed by atoms with van der Waals surface area (Å²) in [6.45, 7) is 0. The van der Waals surface area contributed by atoms with Crippen LogP contribution in [0.1, 0.15) is 25.1 Å². The van der Waals surface area contributed by atoms with Crippen molar-refractivity contribution in [3.05, 3.63) is 42.0 Å². The highest BCUT2D eigenvalue weighted by Gasteiger charge is 2.31. The number of hydrogen-bond acceptors (Lipinski definition) is 5. The van der Waals surface area contributed by atoms with Gasteiger partial charge < -0.3 is 15.4 Å². The highest BCUT2D eigenvalue weighted by atomic mass is 19.1. The van der Waals surface area contributed by atoms with Crippen LogP contribution in [0.3, 0.4) is 0 Å². The van der Waals surface area contributed by atoms with E-state index in [0.717, 1.165) is 19.3 Å². The van der Waals surface area contributed by atoms with Gasteiger partial charge >= 0.3 is 0 Å². The molecule has 128 valence electrons. The fourth-order valence-electron chi connectivity index (χ4n) is 3.00. The van der Waals surface area contributed by atoms with Crippen LogP contribution in [0.25, 0.3) is 28.6 Å². The number of aromatic nitrogens is 4. The molecule has 0 saturated heterocycles. The molecular weight excluding hydrogens is 321 g/mol. The molecule has 7 heteroatoms. The lowest BCUT2D eigenvalue weighted by Gasteiger charge is -2.33. The van der Waals surface area contributed by atoms with Crippen LogP contribution in [-0.4, -0.2) is 30.2 Å². The van der Waals surface area contributed by atoms with E-state index in [4.69, 9.17) is 5.73 Å². The molecule has 0 bridgehead atoms. The molecule has 25 heavy (non-hydrogen) atoms. The molecule has 1 aliphatic carbocycles. The average Bonchev–Trinajstić information content (AvgIpc) is 2.89. The van der Waals surface area contributed by atoms with Crippen molar-refractivity contribution in [1.29, 1.82) is 0 Å². The normalized spacial score (nSPS) is 16.4. The number of benzene rings is 1. The van der Waals surface area contributed by atoms with Gasteiger partial charge in [-0.1, -0.05) is 12.1 Å². The minimum absolute atomic E-state index is 0.253. The van der Waals surface area contributed by atoms with E-state index < -0.39 is 5.60 Å². The molecule has 1 saturated carbocycles. The fraction of sp³-hybridized carbons (Fsp3) is 0.278. The van der Waals surface area contributed by atoms with Crippen molar-refractivity contribution in [2.24, 2.45) is 7.05 Å². The summed E-state index contributed by atoms with van der Waals surface area (Å²) >= 11 is 0. The molecule has 0 unspecified atom stereocenters. The number of aliphatic hydroxyl groups is 1. The van der Waals surface area contributed by atoms with Crippen molar-refractivity contribution in [1.82, 2.24) is 19.5 Å². The number of imidazole rings is 1. The van der Waals surface area contributed by atoms with Gasteiger partial charge in [-0.3, -0.25) is 0 Å². The molecule has 1 fully saturated rings. The third-order valence-corrected chi connectivity index (χ3v) is 4.61. The summed E-state index contributed by atoms with van der Waals surface area (Å²) in [6.07, 6.45) is 5.92. The van der Waals surface area contributed by atoms with Gasteiger partial charge in [-0.2, -0.15) is 0 Å². The quantitative estimate of drug-likeness (QED) is 0.766. The SMILES string of the molecule is Cn1c(-c2cccc(F)c2)nc2c(N)nc(/C=C/C3(O)CCC3)nc21. The van der Waals surface area contributed by atoms with E-state index in [1.807, 2.05) is 0 Å². The number of nitrogen functional groups attached to an aromatic ring is 1. The van der Waals surface area contributed by atoms with Gasteiger partial charge in [0.1, 0.15) is 11.6 Å². The molecule has 2 aromatic heterocycles. The first kappa shape index (κ1) is 15.7. The van der Waals surface area contributed by atoms with Gasteiger partial charge in [0.15, 0.2) is 22.8 Å². The first-order valence-electron chi connectivity index (χ1n) is 8.13. The number of rotatable bonds is 3. The number of halogens is 1. The minimum atomic E-state index is -0.758. The van der Waals surface area contributed by atoms with Gasteiger partial charge in [-0.05, 0) is 43.5 Å². The summed E-state index contributed by atoms with van der Waals surface area (Å²) in [6, 6.07) is 6.21. The standard InChI is InChI=1S/C18H18FN5O/c1-24-16(11-4-2-5-12(19)10-11)23-14-15(20)21-13(22-17(14)24)6-9-18(25)7-3-8-18/h2,4-6,9-10,25H,3,7-8H2,1H3,(H2,20,21,22)/b9-6+. The first-order valence-corrected chi connectivity index (χ1v) is 8.13. The molecule has 0 spiro atoms. The highest BCUT2D eigenvalue weighted by molar-refractivity contribution is 5.86. The largest absolute Gasteiger partial charge is 0.386 e. The fourth-order valence-corrected chi connectivity index (χ4v) is 3.00. The van der Waals surface area contributed by atoms with Crippen LogP contribution in [0.5, 0.6) is 0 Å². The lowest BCUT2D eigenvalue weighted by molar-refractivity contribution is 0.0150. The Kier molecular flexibility index (Phi) is 3.54. The van der Waals surface area contributed by atoms with Crippen LogP contribution in [0.4, 0.5) is 10.2 Å². The van der Waals surface area contributed by atoms with E-state index in [1.165, 1.54) is 12.1 Å². The highest BCUT2D eigenvalue weighted by Crippen LogP contribution is 2.33. The number of aryl methyl sites for hydroxylation is 1. The van der Waals surface area contributed by atoms with Crippen LogP contribution in [0.2, 0.25) is 0 Å². The van der Waals surface area contributed by atoms with Gasteiger partial charge in [-0.25, -0.2) is 19.3 Å². The Labute approximate surface area is 143 Å². The van der Waals surface area contributed by atoms with E-state index >= 15 is 0 Å². The Hall–Kier alpha value is -2.80. The summed E-state index contributed by atoms with van der Waals surface area (Å²) in [5.41, 5.74) is 6.95. The Balaban J connectivity index is 1.79. The summed E-state index contributed by atoms with van der Waals surface area (Å²) in [5, 5.41) is 10.2. The minimum Gasteiger partial charge on any atom is -0.386 e. The van der Waals surface area contributed by atoms with Crippen molar-refractivity contribution in [2.45, 2.75) is 24.9 Å². The van der Waals surface area contributed by atoms with Crippen LogP contribution in [0, 0.1) is 5.82 Å². The zero-order chi connectivity index (χ0) is 17.6. The Morgan fingerprint density at radius 3 is 2.76 bits per heavy atom. The Bertz CT molecular complexity index is 991. The molecule has 0 radical (unpaired) electrons. The van der Waals surface area contributed by atoms with E-state index in [-0.39, 0.29) is 11.6 Å². The Morgan fingerprint density at radius 2 is 2.08 bits per heavy atom. The van der Waals surface area contributed by atoms with Gasteiger partial charge in [0.2, 0.25) is 0 Å². The third-order valence-electron chi connectivity index (χ3n) is 4.61. The first-order chi connectivity index (χ1) is 12.0. The van der Waals surface area contributed by atoms with E-state index in [0.29, 0.717) is 28.4 Å². The maximum Gasteiger partial charge on any atom is 0.166 e.